The molecule has 1 heterocycles. The molecule has 1 aromatic heterocycles. The predicted octanol–water partition coefficient (Wildman–Crippen LogP) is 4.83. The zero-order valence-electron chi connectivity index (χ0n) is 15.2. The topological polar surface area (TPSA) is 65.7 Å². The van der Waals surface area contributed by atoms with Gasteiger partial charge in [0.15, 0.2) is 6.10 Å². The maximum absolute atomic E-state index is 12.0. The first kappa shape index (κ1) is 19.0. The van der Waals surface area contributed by atoms with Gasteiger partial charge in [-0.05, 0) is 39.0 Å². The molecule has 0 saturated heterocycles. The van der Waals surface area contributed by atoms with Gasteiger partial charge in [-0.2, -0.15) is 0 Å². The van der Waals surface area contributed by atoms with E-state index in [0.29, 0.717) is 27.3 Å². The number of halogens is 1. The van der Waals surface area contributed by atoms with Crippen LogP contribution in [0.1, 0.15) is 20.8 Å². The number of benzene rings is 2. The molecule has 0 aliphatic carbocycles. The van der Waals surface area contributed by atoms with E-state index in [1.165, 1.54) is 6.07 Å². The van der Waals surface area contributed by atoms with E-state index >= 15 is 0 Å². The molecule has 0 N–H and O–H groups in total. The molecule has 0 aliphatic rings. The van der Waals surface area contributed by atoms with Crippen molar-refractivity contribution in [3.05, 3.63) is 64.0 Å². The monoisotopic (exact) mass is 386 g/mol. The van der Waals surface area contributed by atoms with Crippen LogP contribution in [-0.2, 0) is 9.53 Å². The third-order valence-electron chi connectivity index (χ3n) is 3.88. The highest BCUT2D eigenvalue weighted by atomic mass is 35.5. The summed E-state index contributed by atoms with van der Waals surface area (Å²) < 4.78 is 16.1. The number of fused-ring (bicyclic) bond motifs is 1. The zero-order chi connectivity index (χ0) is 19.6. The molecule has 0 bridgehead atoms. The normalized spacial score (nSPS) is 12.2. The Morgan fingerprint density at radius 1 is 1.04 bits per heavy atom. The summed E-state index contributed by atoms with van der Waals surface area (Å²) in [4.78, 5) is 23.9. The van der Waals surface area contributed by atoms with E-state index < -0.39 is 17.7 Å². The lowest BCUT2D eigenvalue weighted by atomic mass is 10.0. The highest BCUT2D eigenvalue weighted by Crippen LogP contribution is 2.33. The first-order valence-corrected chi connectivity index (χ1v) is 8.93. The van der Waals surface area contributed by atoms with Crippen LogP contribution < -0.4 is 10.4 Å². The molecular formula is C21H19ClO5. The van der Waals surface area contributed by atoms with E-state index in [1.807, 2.05) is 18.2 Å². The Morgan fingerprint density at radius 2 is 1.78 bits per heavy atom. The quantitative estimate of drug-likeness (QED) is 0.464. The van der Waals surface area contributed by atoms with Crippen molar-refractivity contribution in [1.29, 1.82) is 0 Å². The van der Waals surface area contributed by atoms with Crippen molar-refractivity contribution in [3.63, 3.8) is 0 Å². The molecule has 0 radical (unpaired) electrons. The zero-order valence-corrected chi connectivity index (χ0v) is 15.9. The molecule has 1 atom stereocenters. The number of carbonyl (C=O) groups is 1. The van der Waals surface area contributed by atoms with E-state index in [2.05, 4.69) is 0 Å². The lowest BCUT2D eigenvalue weighted by Gasteiger charge is -2.16. The summed E-state index contributed by atoms with van der Waals surface area (Å²) in [7, 11) is 0. The molecule has 140 valence electrons. The summed E-state index contributed by atoms with van der Waals surface area (Å²) in [6.45, 7) is 5.14. The Balaban J connectivity index is 1.98. The number of hydrogen-bond acceptors (Lipinski definition) is 5. The van der Waals surface area contributed by atoms with Crippen LogP contribution in [0.2, 0.25) is 5.02 Å². The highest BCUT2D eigenvalue weighted by Gasteiger charge is 2.18. The Bertz CT molecular complexity index is 1040. The molecule has 3 aromatic rings. The first-order chi connectivity index (χ1) is 12.8. The number of rotatable bonds is 5. The van der Waals surface area contributed by atoms with E-state index in [0.717, 1.165) is 5.56 Å². The highest BCUT2D eigenvalue weighted by molar-refractivity contribution is 6.33. The summed E-state index contributed by atoms with van der Waals surface area (Å²) >= 11 is 6.28. The van der Waals surface area contributed by atoms with Crippen LogP contribution in [0.15, 0.2) is 57.7 Å². The molecule has 1 unspecified atom stereocenters. The van der Waals surface area contributed by atoms with Crippen LogP contribution in [0, 0.1) is 0 Å². The smallest absolute Gasteiger partial charge is 0.347 e. The lowest BCUT2D eigenvalue weighted by Crippen LogP contribution is -2.28. The van der Waals surface area contributed by atoms with Gasteiger partial charge in [-0.3, -0.25) is 0 Å². The molecule has 0 fully saturated rings. The summed E-state index contributed by atoms with van der Waals surface area (Å²) in [5.41, 5.74) is 1.26. The third kappa shape index (κ3) is 4.31. The second-order valence-electron chi connectivity index (χ2n) is 6.36. The SMILES string of the molecule is CC(C)OC(=O)C(C)Oc1ccc2c(-c3ccccc3Cl)cc(=O)oc2c1. The van der Waals surface area contributed by atoms with E-state index in [1.54, 1.807) is 45.0 Å². The van der Waals surface area contributed by atoms with Gasteiger partial charge in [0.05, 0.1) is 6.10 Å². The minimum atomic E-state index is -0.789. The molecule has 27 heavy (non-hydrogen) atoms. The molecule has 2 aromatic carbocycles. The fourth-order valence-corrected chi connectivity index (χ4v) is 2.94. The second-order valence-corrected chi connectivity index (χ2v) is 6.77. The maximum atomic E-state index is 12.0. The largest absolute Gasteiger partial charge is 0.479 e. The molecule has 0 amide bonds. The maximum Gasteiger partial charge on any atom is 0.347 e. The summed E-state index contributed by atoms with van der Waals surface area (Å²) in [5.74, 6) is -0.0634. The fraction of sp³-hybridized carbons (Fsp3) is 0.238. The van der Waals surface area contributed by atoms with E-state index in [9.17, 15) is 9.59 Å². The van der Waals surface area contributed by atoms with Crippen LogP contribution in [0.4, 0.5) is 0 Å². The first-order valence-electron chi connectivity index (χ1n) is 8.55. The second kappa shape index (κ2) is 7.84. The molecular weight excluding hydrogens is 368 g/mol. The van der Waals surface area contributed by atoms with E-state index in [-0.39, 0.29) is 6.10 Å². The third-order valence-corrected chi connectivity index (χ3v) is 4.21. The average molecular weight is 387 g/mol. The van der Waals surface area contributed by atoms with Gasteiger partial charge in [0, 0.05) is 33.7 Å². The number of ether oxygens (including phenoxy) is 2. The van der Waals surface area contributed by atoms with Crippen LogP contribution in [0.3, 0.4) is 0 Å². The van der Waals surface area contributed by atoms with Crippen molar-refractivity contribution in [2.75, 3.05) is 0 Å². The van der Waals surface area contributed by atoms with Crippen LogP contribution >= 0.6 is 11.6 Å². The summed E-state index contributed by atoms with van der Waals surface area (Å²) in [6, 6.07) is 13.7. The van der Waals surface area contributed by atoms with Crippen molar-refractivity contribution >= 4 is 28.5 Å². The van der Waals surface area contributed by atoms with Gasteiger partial charge >= 0.3 is 11.6 Å². The van der Waals surface area contributed by atoms with Gasteiger partial charge in [-0.15, -0.1) is 0 Å². The fourth-order valence-electron chi connectivity index (χ4n) is 2.70. The van der Waals surface area contributed by atoms with Crippen molar-refractivity contribution in [1.82, 2.24) is 0 Å². The molecule has 0 saturated carbocycles. The van der Waals surface area contributed by atoms with Crippen LogP contribution in [-0.4, -0.2) is 18.2 Å². The summed E-state index contributed by atoms with van der Waals surface area (Å²) in [5, 5.41) is 1.25. The van der Waals surface area contributed by atoms with Gasteiger partial charge in [0.2, 0.25) is 0 Å². The van der Waals surface area contributed by atoms with Gasteiger partial charge in [0.1, 0.15) is 11.3 Å². The minimum Gasteiger partial charge on any atom is -0.479 e. The molecule has 3 rings (SSSR count). The minimum absolute atomic E-state index is 0.226. The Hall–Kier alpha value is -2.79. The van der Waals surface area contributed by atoms with Crippen LogP contribution in [0.25, 0.3) is 22.1 Å². The lowest BCUT2D eigenvalue weighted by molar-refractivity contribution is -0.154. The van der Waals surface area contributed by atoms with Gasteiger partial charge in [-0.1, -0.05) is 29.8 Å². The molecule has 0 spiro atoms. The van der Waals surface area contributed by atoms with Gasteiger partial charge in [-0.25, -0.2) is 9.59 Å². The Kier molecular flexibility index (Phi) is 5.51. The Morgan fingerprint density at radius 3 is 2.48 bits per heavy atom. The average Bonchev–Trinajstić information content (AvgIpc) is 2.60. The van der Waals surface area contributed by atoms with Crippen molar-refractivity contribution in [2.24, 2.45) is 0 Å². The summed E-state index contributed by atoms with van der Waals surface area (Å²) in [6.07, 6.45) is -1.01. The molecule has 5 nitrogen and oxygen atoms in total. The van der Waals surface area contributed by atoms with Gasteiger partial charge < -0.3 is 13.9 Å². The standard InChI is InChI=1S/C21H19ClO5/c1-12(2)25-21(24)13(3)26-14-8-9-16-17(11-20(23)27-19(16)10-14)15-6-4-5-7-18(15)22/h4-13H,1-3H3. The number of hydrogen-bond donors (Lipinski definition) is 0. The Labute approximate surface area is 161 Å². The predicted molar refractivity (Wildman–Crippen MR) is 104 cm³/mol. The number of carbonyl (C=O) groups excluding carboxylic acids is 1. The number of esters is 1. The van der Waals surface area contributed by atoms with Crippen LogP contribution in [0.5, 0.6) is 5.75 Å². The molecule has 6 heteroatoms. The van der Waals surface area contributed by atoms with Crippen molar-refractivity contribution < 1.29 is 18.7 Å². The van der Waals surface area contributed by atoms with E-state index in [4.69, 9.17) is 25.5 Å². The van der Waals surface area contributed by atoms with Crippen molar-refractivity contribution in [2.45, 2.75) is 33.0 Å². The molecule has 0 aliphatic heterocycles. The van der Waals surface area contributed by atoms with Crippen molar-refractivity contribution in [3.8, 4) is 16.9 Å². The van der Waals surface area contributed by atoms with Gasteiger partial charge in [0.25, 0.3) is 0 Å².